The molecule has 1 amide bonds. The Kier molecular flexibility index (Phi) is 6.48. The maximum atomic E-state index is 12.3. The molecule has 0 spiro atoms. The largest absolute Gasteiger partial charge is 0.479 e. The summed E-state index contributed by atoms with van der Waals surface area (Å²) < 4.78 is 0. The Hall–Kier alpha value is -2.88. The van der Waals surface area contributed by atoms with Crippen LogP contribution in [0.2, 0.25) is 0 Å². The van der Waals surface area contributed by atoms with E-state index in [2.05, 4.69) is 5.32 Å². The van der Waals surface area contributed by atoms with Crippen LogP contribution in [0.1, 0.15) is 37.8 Å². The molecule has 0 aliphatic carbocycles. The van der Waals surface area contributed by atoms with E-state index in [4.69, 9.17) is 5.26 Å². The summed E-state index contributed by atoms with van der Waals surface area (Å²) in [5.74, 6) is -4.39. The molecule has 7 heteroatoms. The van der Waals surface area contributed by atoms with Crippen molar-refractivity contribution >= 4 is 17.8 Å². The van der Waals surface area contributed by atoms with E-state index in [1.165, 1.54) is 24.3 Å². The lowest BCUT2D eigenvalue weighted by atomic mass is 9.88. The third kappa shape index (κ3) is 4.10. The van der Waals surface area contributed by atoms with E-state index < -0.39 is 35.7 Å². The summed E-state index contributed by atoms with van der Waals surface area (Å²) in [6.45, 7) is 3.54. The average Bonchev–Trinajstić information content (AvgIpc) is 2.55. The van der Waals surface area contributed by atoms with Gasteiger partial charge in [0, 0.05) is 12.3 Å². The molecule has 0 aromatic heterocycles. The summed E-state index contributed by atoms with van der Waals surface area (Å²) in [6, 6.07) is 7.89. The number of hydrogen-bond acceptors (Lipinski definition) is 4. The maximum Gasteiger partial charge on any atom is 0.341 e. The number of aliphatic carboxylic acids is 2. The Morgan fingerprint density at radius 1 is 1.21 bits per heavy atom. The second-order valence-corrected chi connectivity index (χ2v) is 5.51. The SMILES string of the molecule is CCC(CC)C(=O)NC(Cc1cccc(C#N)c1)(C(=O)O)C(=O)O. The first-order chi connectivity index (χ1) is 11.3. The van der Waals surface area contributed by atoms with Crippen LogP contribution in [-0.2, 0) is 20.8 Å². The minimum absolute atomic E-state index is 0.281. The topological polar surface area (TPSA) is 127 Å². The molecular formula is C17H20N2O5. The zero-order valence-corrected chi connectivity index (χ0v) is 13.6. The third-order valence-corrected chi connectivity index (χ3v) is 3.95. The first-order valence-corrected chi connectivity index (χ1v) is 7.58. The number of nitriles is 1. The van der Waals surface area contributed by atoms with Crippen LogP contribution in [0.3, 0.4) is 0 Å². The summed E-state index contributed by atoms with van der Waals surface area (Å²) in [6.07, 6.45) is 0.488. The molecular weight excluding hydrogens is 312 g/mol. The lowest BCUT2D eigenvalue weighted by Crippen LogP contribution is -2.62. The number of hydrogen-bond donors (Lipinski definition) is 3. The van der Waals surface area contributed by atoms with Crippen molar-refractivity contribution in [1.29, 1.82) is 5.26 Å². The van der Waals surface area contributed by atoms with Crippen molar-refractivity contribution in [3.05, 3.63) is 35.4 Å². The van der Waals surface area contributed by atoms with E-state index in [0.29, 0.717) is 18.4 Å². The van der Waals surface area contributed by atoms with Gasteiger partial charge in [-0.2, -0.15) is 5.26 Å². The van der Waals surface area contributed by atoms with E-state index in [0.717, 1.165) is 0 Å². The van der Waals surface area contributed by atoms with Crippen LogP contribution in [0, 0.1) is 17.2 Å². The van der Waals surface area contributed by atoms with Crippen molar-refractivity contribution < 1.29 is 24.6 Å². The first kappa shape index (κ1) is 19.2. The van der Waals surface area contributed by atoms with Gasteiger partial charge in [0.25, 0.3) is 0 Å². The van der Waals surface area contributed by atoms with Crippen LogP contribution in [0.5, 0.6) is 0 Å². The Balaban J connectivity index is 3.24. The van der Waals surface area contributed by atoms with Gasteiger partial charge >= 0.3 is 11.9 Å². The number of carboxylic acid groups (broad SMARTS) is 2. The van der Waals surface area contributed by atoms with Gasteiger partial charge in [0.05, 0.1) is 11.6 Å². The molecule has 7 nitrogen and oxygen atoms in total. The van der Waals surface area contributed by atoms with Crippen LogP contribution in [0.4, 0.5) is 0 Å². The number of nitrogens with zero attached hydrogens (tertiary/aromatic N) is 1. The average molecular weight is 332 g/mol. The van der Waals surface area contributed by atoms with Gasteiger partial charge in [0.15, 0.2) is 0 Å². The van der Waals surface area contributed by atoms with Gasteiger partial charge in [-0.1, -0.05) is 26.0 Å². The van der Waals surface area contributed by atoms with Crippen molar-refractivity contribution in [2.24, 2.45) is 5.92 Å². The Bertz CT molecular complexity index is 660. The van der Waals surface area contributed by atoms with Crippen molar-refractivity contribution in [2.45, 2.75) is 38.6 Å². The van der Waals surface area contributed by atoms with Crippen LogP contribution < -0.4 is 5.32 Å². The number of amides is 1. The fourth-order valence-electron chi connectivity index (χ4n) is 2.42. The molecule has 0 saturated carbocycles. The molecule has 1 aromatic rings. The standard InChI is InChI=1S/C17H20N2O5/c1-3-13(4-2)14(20)19-17(15(21)22,16(23)24)9-11-6-5-7-12(8-11)10-18/h5-8,13H,3-4,9H2,1-2H3,(H,19,20)(H,21,22)(H,23,24). The highest BCUT2D eigenvalue weighted by molar-refractivity contribution is 6.06. The van der Waals surface area contributed by atoms with E-state index in [1.807, 2.05) is 6.07 Å². The van der Waals surface area contributed by atoms with Gasteiger partial charge in [-0.25, -0.2) is 9.59 Å². The fourth-order valence-corrected chi connectivity index (χ4v) is 2.42. The lowest BCUT2D eigenvalue weighted by Gasteiger charge is -2.28. The molecule has 1 rings (SSSR count). The number of benzene rings is 1. The summed E-state index contributed by atoms with van der Waals surface area (Å²) >= 11 is 0. The van der Waals surface area contributed by atoms with Crippen LogP contribution in [0.15, 0.2) is 24.3 Å². The molecule has 0 aliphatic rings. The van der Waals surface area contributed by atoms with Gasteiger partial charge in [0.1, 0.15) is 0 Å². The molecule has 0 bridgehead atoms. The highest BCUT2D eigenvalue weighted by Crippen LogP contribution is 2.19. The monoisotopic (exact) mass is 332 g/mol. The molecule has 3 N–H and O–H groups in total. The lowest BCUT2D eigenvalue weighted by molar-refractivity contribution is -0.161. The van der Waals surface area contributed by atoms with Gasteiger partial charge in [-0.3, -0.25) is 4.79 Å². The number of rotatable bonds is 8. The molecule has 0 unspecified atom stereocenters. The third-order valence-electron chi connectivity index (χ3n) is 3.95. The molecule has 24 heavy (non-hydrogen) atoms. The predicted octanol–water partition coefficient (Wildman–Crippen LogP) is 1.56. The number of carbonyl (C=O) groups excluding carboxylic acids is 1. The van der Waals surface area contributed by atoms with E-state index in [9.17, 15) is 24.6 Å². The number of nitrogens with one attached hydrogen (secondary N) is 1. The van der Waals surface area contributed by atoms with Crippen LogP contribution >= 0.6 is 0 Å². The molecule has 0 atom stereocenters. The second-order valence-electron chi connectivity index (χ2n) is 5.51. The van der Waals surface area contributed by atoms with Gasteiger partial charge in [-0.15, -0.1) is 0 Å². The quantitative estimate of drug-likeness (QED) is 0.620. The van der Waals surface area contributed by atoms with E-state index >= 15 is 0 Å². The number of carbonyl (C=O) groups is 3. The van der Waals surface area contributed by atoms with E-state index in [-0.39, 0.29) is 5.56 Å². The summed E-state index contributed by atoms with van der Waals surface area (Å²) in [7, 11) is 0. The minimum atomic E-state index is -2.48. The Morgan fingerprint density at radius 2 is 1.79 bits per heavy atom. The van der Waals surface area contributed by atoms with Gasteiger partial charge in [0.2, 0.25) is 11.4 Å². The maximum absolute atomic E-state index is 12.3. The minimum Gasteiger partial charge on any atom is -0.479 e. The molecule has 0 aliphatic heterocycles. The van der Waals surface area contributed by atoms with Gasteiger partial charge < -0.3 is 15.5 Å². The fraction of sp³-hybridized carbons (Fsp3) is 0.412. The predicted molar refractivity (Wildman–Crippen MR) is 85.1 cm³/mol. The van der Waals surface area contributed by atoms with Crippen LogP contribution in [-0.4, -0.2) is 33.6 Å². The highest BCUT2D eigenvalue weighted by atomic mass is 16.4. The normalized spacial score (nSPS) is 10.9. The molecule has 0 fully saturated rings. The second kappa shape index (κ2) is 8.11. The van der Waals surface area contributed by atoms with Crippen molar-refractivity contribution in [3.8, 4) is 6.07 Å². The first-order valence-electron chi connectivity index (χ1n) is 7.58. The van der Waals surface area contributed by atoms with E-state index in [1.54, 1.807) is 13.8 Å². The summed E-state index contributed by atoms with van der Waals surface area (Å²) in [5, 5.41) is 30.1. The Morgan fingerprint density at radius 3 is 2.25 bits per heavy atom. The highest BCUT2D eigenvalue weighted by Gasteiger charge is 2.48. The molecule has 128 valence electrons. The summed E-state index contributed by atoms with van der Waals surface area (Å²) in [4.78, 5) is 35.6. The van der Waals surface area contributed by atoms with Crippen molar-refractivity contribution in [1.82, 2.24) is 5.32 Å². The molecule has 0 radical (unpaired) electrons. The zero-order valence-electron chi connectivity index (χ0n) is 13.6. The van der Waals surface area contributed by atoms with Crippen LogP contribution in [0.25, 0.3) is 0 Å². The zero-order chi connectivity index (χ0) is 18.3. The van der Waals surface area contributed by atoms with Gasteiger partial charge in [-0.05, 0) is 30.5 Å². The number of carboxylic acids is 2. The molecule has 1 aromatic carbocycles. The van der Waals surface area contributed by atoms with Crippen molar-refractivity contribution in [2.75, 3.05) is 0 Å². The van der Waals surface area contributed by atoms with Crippen molar-refractivity contribution in [3.63, 3.8) is 0 Å². The smallest absolute Gasteiger partial charge is 0.341 e. The molecule has 0 heterocycles. The molecule has 0 saturated heterocycles. The Labute approximate surface area is 139 Å². The summed E-state index contributed by atoms with van der Waals surface area (Å²) in [5.41, 5.74) is -1.86.